The maximum absolute atomic E-state index is 13.9. The number of aryl methyl sites for hydroxylation is 1. The minimum atomic E-state index is -3.89. The van der Waals surface area contributed by atoms with Gasteiger partial charge < -0.3 is 4.74 Å². The lowest BCUT2D eigenvalue weighted by atomic mass is 9.73. The molecule has 0 spiro atoms. The lowest BCUT2D eigenvalue weighted by molar-refractivity contribution is -0.0984. The van der Waals surface area contributed by atoms with Crippen LogP contribution in [-0.4, -0.2) is 14.4 Å². The van der Waals surface area contributed by atoms with E-state index in [9.17, 15) is 13.2 Å². The van der Waals surface area contributed by atoms with E-state index in [-0.39, 0.29) is 8.80 Å². The molecular formula is C25H37ClF3OSi. The van der Waals surface area contributed by atoms with Crippen LogP contribution in [0.3, 0.4) is 0 Å². The summed E-state index contributed by atoms with van der Waals surface area (Å²) in [7, 11) is 0.0000167. The Morgan fingerprint density at radius 3 is 2.32 bits per heavy atom. The Balaban J connectivity index is 1.31. The van der Waals surface area contributed by atoms with Crippen molar-refractivity contribution in [3.63, 3.8) is 0 Å². The highest BCUT2D eigenvalue weighted by atomic mass is 35.5. The van der Waals surface area contributed by atoms with Gasteiger partial charge in [-0.05, 0) is 61.1 Å². The van der Waals surface area contributed by atoms with Gasteiger partial charge in [0.1, 0.15) is 0 Å². The second-order valence-electron chi connectivity index (χ2n) is 9.68. The van der Waals surface area contributed by atoms with Crippen LogP contribution in [0.1, 0.15) is 76.7 Å². The van der Waals surface area contributed by atoms with Crippen LogP contribution in [0.25, 0.3) is 0 Å². The number of halogens is 4. The van der Waals surface area contributed by atoms with Gasteiger partial charge >= 0.3 is 5.57 Å². The molecule has 6 heteroatoms. The van der Waals surface area contributed by atoms with Gasteiger partial charge in [-0.3, -0.25) is 0 Å². The Bertz CT molecular complexity index is 665. The maximum Gasteiger partial charge on any atom is 0.487 e. The third kappa shape index (κ3) is 8.31. The Morgan fingerprint density at radius 2 is 1.71 bits per heavy atom. The molecular weight excluding hydrogens is 437 g/mol. The van der Waals surface area contributed by atoms with E-state index in [1.165, 1.54) is 69.5 Å². The highest BCUT2D eigenvalue weighted by Crippen LogP contribution is 2.42. The van der Waals surface area contributed by atoms with Crippen LogP contribution in [-0.2, 0) is 6.42 Å². The number of hydrogen-bond donors (Lipinski definition) is 0. The molecule has 1 radical (unpaired) electrons. The van der Waals surface area contributed by atoms with Gasteiger partial charge in [0.15, 0.2) is 11.6 Å². The molecule has 1 saturated carbocycles. The molecule has 1 aliphatic carbocycles. The van der Waals surface area contributed by atoms with Crippen LogP contribution in [0.4, 0.5) is 13.2 Å². The van der Waals surface area contributed by atoms with Crippen molar-refractivity contribution in [2.45, 2.75) is 101 Å². The third-order valence-electron chi connectivity index (χ3n) is 7.45. The van der Waals surface area contributed by atoms with Gasteiger partial charge in [0, 0.05) is 20.4 Å². The van der Waals surface area contributed by atoms with Crippen molar-refractivity contribution in [1.29, 1.82) is 0 Å². The van der Waals surface area contributed by atoms with Gasteiger partial charge in [0.05, 0.1) is 0 Å². The summed E-state index contributed by atoms with van der Waals surface area (Å²) in [6, 6.07) is 8.80. The van der Waals surface area contributed by atoms with Crippen LogP contribution in [0.15, 0.2) is 18.2 Å². The highest BCUT2D eigenvalue weighted by Gasteiger charge is 2.31. The molecule has 1 aliphatic heterocycles. The van der Waals surface area contributed by atoms with Crippen molar-refractivity contribution in [2.75, 3.05) is 0 Å². The lowest BCUT2D eigenvalue weighted by Crippen LogP contribution is -2.28. The summed E-state index contributed by atoms with van der Waals surface area (Å²) >= 11 is 4.70. The molecule has 1 heterocycles. The fraction of sp³-hybridized carbons (Fsp3) is 0.760. The fourth-order valence-corrected chi connectivity index (χ4v) is 8.84. The van der Waals surface area contributed by atoms with Gasteiger partial charge in [-0.15, -0.1) is 8.78 Å². The van der Waals surface area contributed by atoms with Crippen molar-refractivity contribution < 1.29 is 17.9 Å². The molecule has 31 heavy (non-hydrogen) atoms. The molecule has 0 amide bonds. The quantitative estimate of drug-likeness (QED) is 0.187. The molecule has 0 aromatic heterocycles. The van der Waals surface area contributed by atoms with Crippen molar-refractivity contribution in [2.24, 2.45) is 17.8 Å². The SMILES string of the molecule is CCC[Si]1CCC(C2CCC(CCCCc3ccc(OC(F)(F)Cl)c(F)c3)CC2)CC1. The number of rotatable bonds is 10. The molecule has 0 bridgehead atoms. The van der Waals surface area contributed by atoms with E-state index < -0.39 is 17.1 Å². The average molecular weight is 474 g/mol. The Hall–Kier alpha value is -0.683. The summed E-state index contributed by atoms with van der Waals surface area (Å²) in [5.41, 5.74) is -3.08. The minimum absolute atomic E-state index is 0.0000167. The van der Waals surface area contributed by atoms with E-state index in [1.54, 1.807) is 18.2 Å². The first kappa shape index (κ1) is 24.9. The molecule has 0 N–H and O–H groups in total. The van der Waals surface area contributed by atoms with Crippen LogP contribution in [0.5, 0.6) is 5.75 Å². The summed E-state index contributed by atoms with van der Waals surface area (Å²) in [5.74, 6) is 1.53. The monoisotopic (exact) mass is 473 g/mol. The average Bonchev–Trinajstić information content (AvgIpc) is 2.73. The van der Waals surface area contributed by atoms with E-state index >= 15 is 0 Å². The predicted octanol–water partition coefficient (Wildman–Crippen LogP) is 8.83. The summed E-state index contributed by atoms with van der Waals surface area (Å²) in [6.07, 6.45) is 14.1. The van der Waals surface area contributed by atoms with Crippen LogP contribution >= 0.6 is 11.6 Å². The van der Waals surface area contributed by atoms with E-state index in [2.05, 4.69) is 11.7 Å². The van der Waals surface area contributed by atoms with E-state index in [0.29, 0.717) is 0 Å². The summed E-state index contributed by atoms with van der Waals surface area (Å²) in [4.78, 5) is 0. The normalized spacial score (nSPS) is 23.8. The number of ether oxygens (including phenoxy) is 1. The predicted molar refractivity (Wildman–Crippen MR) is 124 cm³/mol. The lowest BCUT2D eigenvalue weighted by Gasteiger charge is -2.37. The Labute approximate surface area is 192 Å². The zero-order valence-electron chi connectivity index (χ0n) is 18.8. The molecule has 0 atom stereocenters. The molecule has 0 unspecified atom stereocenters. The molecule has 1 aromatic rings. The first-order valence-corrected chi connectivity index (χ1v) is 14.7. The zero-order valence-corrected chi connectivity index (χ0v) is 20.5. The Kier molecular flexibility index (Phi) is 9.63. The molecule has 1 nitrogen and oxygen atoms in total. The standard InChI is InChI=1S/C25H37ClF3OSi/c1-2-15-31-16-13-22(14-17-31)21-10-7-19(8-11-21)5-3-4-6-20-9-12-24(23(27)18-20)30-25(26,28)29/h9,12,18-19,21-22H,2-8,10-11,13-17H2,1H3. The summed E-state index contributed by atoms with van der Waals surface area (Å²) in [5, 5.41) is 0. The summed E-state index contributed by atoms with van der Waals surface area (Å²) in [6.45, 7) is 2.33. The fourth-order valence-electron chi connectivity index (χ4n) is 5.74. The highest BCUT2D eigenvalue weighted by molar-refractivity contribution is 6.58. The Morgan fingerprint density at radius 1 is 1.03 bits per heavy atom. The first-order chi connectivity index (χ1) is 14.8. The molecule has 1 saturated heterocycles. The molecule has 175 valence electrons. The van der Waals surface area contributed by atoms with Gasteiger partial charge in [0.2, 0.25) is 0 Å². The number of benzene rings is 1. The molecule has 3 rings (SSSR count). The van der Waals surface area contributed by atoms with Crippen molar-refractivity contribution in [1.82, 2.24) is 0 Å². The third-order valence-corrected chi connectivity index (χ3v) is 10.7. The van der Waals surface area contributed by atoms with Crippen LogP contribution < -0.4 is 4.74 Å². The van der Waals surface area contributed by atoms with Crippen molar-refractivity contribution in [3.8, 4) is 5.75 Å². The smallest absolute Gasteiger partial charge is 0.417 e. The second-order valence-corrected chi connectivity index (χ2v) is 13.1. The van der Waals surface area contributed by atoms with Gasteiger partial charge in [-0.2, -0.15) is 0 Å². The minimum Gasteiger partial charge on any atom is -0.417 e. The molecule has 1 aromatic carbocycles. The maximum atomic E-state index is 13.9. The van der Waals surface area contributed by atoms with Crippen molar-refractivity contribution >= 4 is 20.4 Å². The topological polar surface area (TPSA) is 9.23 Å². The number of unbranched alkanes of at least 4 members (excludes halogenated alkanes) is 1. The molecule has 2 aliphatic rings. The zero-order chi connectivity index (χ0) is 22.3. The number of hydrogen-bond acceptors (Lipinski definition) is 1. The van der Waals surface area contributed by atoms with E-state index in [0.717, 1.165) is 42.6 Å². The van der Waals surface area contributed by atoms with Crippen LogP contribution in [0, 0.1) is 23.6 Å². The van der Waals surface area contributed by atoms with Gasteiger partial charge in [-0.25, -0.2) is 4.39 Å². The van der Waals surface area contributed by atoms with Crippen molar-refractivity contribution in [3.05, 3.63) is 29.6 Å². The van der Waals surface area contributed by atoms with Gasteiger partial charge in [-0.1, -0.05) is 76.1 Å². The largest absolute Gasteiger partial charge is 0.487 e. The molecule has 2 fully saturated rings. The van der Waals surface area contributed by atoms with Crippen LogP contribution in [0.2, 0.25) is 18.1 Å². The van der Waals surface area contributed by atoms with Gasteiger partial charge in [0.25, 0.3) is 0 Å². The number of alkyl halides is 3. The summed E-state index contributed by atoms with van der Waals surface area (Å²) < 4.78 is 43.4. The first-order valence-electron chi connectivity index (χ1n) is 12.2. The van der Waals surface area contributed by atoms with E-state index in [4.69, 9.17) is 11.6 Å². The van der Waals surface area contributed by atoms with E-state index in [1.807, 2.05) is 0 Å². The second kappa shape index (κ2) is 12.0.